The third kappa shape index (κ3) is 4.37. The maximum absolute atomic E-state index is 12.8. The van der Waals surface area contributed by atoms with Gasteiger partial charge in [0.2, 0.25) is 0 Å². The minimum atomic E-state index is -4.88. The molecule has 7 heteroatoms. The Kier molecular flexibility index (Phi) is 4.73. The van der Waals surface area contributed by atoms with Crippen molar-refractivity contribution in [3.05, 3.63) is 69.8 Å². The number of alkyl halides is 6. The fraction of sp³-hybridized carbons (Fsp3) is 0.235. The Morgan fingerprint density at radius 3 is 1.75 bits per heavy atom. The number of hydrogen-bond donors (Lipinski definition) is 0. The van der Waals surface area contributed by atoms with Crippen molar-refractivity contribution in [1.82, 2.24) is 0 Å². The molecule has 0 bridgehead atoms. The Hall–Kier alpha value is -2.31. The molecule has 0 radical (unpaired) electrons. The van der Waals surface area contributed by atoms with Crippen molar-refractivity contribution in [2.45, 2.75) is 25.7 Å². The Balaban J connectivity index is 2.50. The molecule has 0 atom stereocenters. The van der Waals surface area contributed by atoms with Crippen molar-refractivity contribution in [2.24, 2.45) is 0 Å². The van der Waals surface area contributed by atoms with Crippen LogP contribution in [-0.2, 0) is 18.8 Å². The van der Waals surface area contributed by atoms with Crippen molar-refractivity contribution in [3.8, 4) is 0 Å². The summed E-state index contributed by atoms with van der Waals surface area (Å²) in [5, 5.41) is 0. The summed E-state index contributed by atoms with van der Waals surface area (Å²) in [4.78, 5) is 10.8. The molecule has 2 aromatic carbocycles. The van der Waals surface area contributed by atoms with E-state index in [1.165, 1.54) is 6.07 Å². The molecule has 0 fully saturated rings. The maximum atomic E-state index is 12.8. The Morgan fingerprint density at radius 2 is 1.29 bits per heavy atom. The smallest absolute Gasteiger partial charge is 0.298 e. The summed E-state index contributed by atoms with van der Waals surface area (Å²) in [7, 11) is 0. The SMILES string of the molecule is Cc1cc(C=O)cc(Cc2cc(C(F)(F)F)cc(C(F)(F)F)c2)c1. The summed E-state index contributed by atoms with van der Waals surface area (Å²) in [5.41, 5.74) is -1.36. The number of aryl methyl sites for hydroxylation is 1. The van der Waals surface area contributed by atoms with E-state index < -0.39 is 23.5 Å². The minimum absolute atomic E-state index is 0.0938. The molecule has 0 saturated carbocycles. The topological polar surface area (TPSA) is 17.1 Å². The van der Waals surface area contributed by atoms with Crippen LogP contribution in [0.1, 0.15) is 38.2 Å². The van der Waals surface area contributed by atoms with Crippen LogP contribution in [0.2, 0.25) is 0 Å². The third-order valence-electron chi connectivity index (χ3n) is 3.35. The van der Waals surface area contributed by atoms with E-state index in [0.717, 1.165) is 0 Å². The summed E-state index contributed by atoms with van der Waals surface area (Å²) in [6, 6.07) is 6.10. The van der Waals surface area contributed by atoms with E-state index in [4.69, 9.17) is 0 Å². The van der Waals surface area contributed by atoms with Gasteiger partial charge in [0, 0.05) is 5.56 Å². The Bertz CT molecular complexity index is 726. The second kappa shape index (κ2) is 6.30. The van der Waals surface area contributed by atoms with Gasteiger partial charge in [-0.2, -0.15) is 26.3 Å². The van der Waals surface area contributed by atoms with E-state index in [9.17, 15) is 31.1 Å². The van der Waals surface area contributed by atoms with E-state index in [0.29, 0.717) is 35.1 Å². The van der Waals surface area contributed by atoms with Crippen LogP contribution in [0.5, 0.6) is 0 Å². The van der Waals surface area contributed by atoms with Crippen molar-refractivity contribution >= 4 is 6.29 Å². The molecule has 2 aromatic rings. The molecule has 0 spiro atoms. The fourth-order valence-electron chi connectivity index (χ4n) is 2.42. The molecule has 1 nitrogen and oxygen atoms in total. The van der Waals surface area contributed by atoms with E-state index in [1.54, 1.807) is 19.1 Å². The van der Waals surface area contributed by atoms with Crippen LogP contribution in [0.3, 0.4) is 0 Å². The summed E-state index contributed by atoms with van der Waals surface area (Å²) in [5.74, 6) is 0. The van der Waals surface area contributed by atoms with E-state index in [2.05, 4.69) is 0 Å². The van der Waals surface area contributed by atoms with E-state index in [1.807, 2.05) is 0 Å². The first-order chi connectivity index (χ1) is 11.0. The first-order valence-corrected chi connectivity index (χ1v) is 6.83. The number of benzene rings is 2. The number of hydrogen-bond acceptors (Lipinski definition) is 1. The van der Waals surface area contributed by atoms with Crippen molar-refractivity contribution in [1.29, 1.82) is 0 Å². The summed E-state index contributed by atoms with van der Waals surface area (Å²) in [6.07, 6.45) is -9.33. The number of carbonyl (C=O) groups excluding carboxylic acids is 1. The highest BCUT2D eigenvalue weighted by Gasteiger charge is 2.36. The zero-order chi connectivity index (χ0) is 18.1. The van der Waals surface area contributed by atoms with Gasteiger partial charge in [0.25, 0.3) is 0 Å². The van der Waals surface area contributed by atoms with Crippen LogP contribution in [0, 0.1) is 6.92 Å². The predicted octanol–water partition coefficient (Wildman–Crippen LogP) is 5.44. The molecule has 0 amide bonds. The molecule has 0 saturated heterocycles. The lowest BCUT2D eigenvalue weighted by Gasteiger charge is -2.14. The maximum Gasteiger partial charge on any atom is 0.416 e. The van der Waals surface area contributed by atoms with Crippen LogP contribution in [-0.4, -0.2) is 6.29 Å². The second-order valence-electron chi connectivity index (χ2n) is 5.46. The van der Waals surface area contributed by atoms with E-state index in [-0.39, 0.29) is 18.1 Å². The van der Waals surface area contributed by atoms with Crippen molar-refractivity contribution in [2.75, 3.05) is 0 Å². The fourth-order valence-corrected chi connectivity index (χ4v) is 2.42. The first-order valence-electron chi connectivity index (χ1n) is 6.83. The van der Waals surface area contributed by atoms with Crippen molar-refractivity contribution in [3.63, 3.8) is 0 Å². The lowest BCUT2D eigenvalue weighted by atomic mass is 9.97. The highest BCUT2D eigenvalue weighted by Crippen LogP contribution is 2.36. The van der Waals surface area contributed by atoms with Crippen LogP contribution >= 0.6 is 0 Å². The van der Waals surface area contributed by atoms with E-state index >= 15 is 0 Å². The molecule has 0 aliphatic rings. The number of rotatable bonds is 3. The van der Waals surface area contributed by atoms with Gasteiger partial charge >= 0.3 is 12.4 Å². The van der Waals surface area contributed by atoms with Crippen LogP contribution in [0.25, 0.3) is 0 Å². The molecule has 0 heterocycles. The minimum Gasteiger partial charge on any atom is -0.298 e. The van der Waals surface area contributed by atoms with Gasteiger partial charge in [-0.05, 0) is 54.8 Å². The molecule has 0 unspecified atom stereocenters. The van der Waals surface area contributed by atoms with Gasteiger partial charge in [-0.25, -0.2) is 0 Å². The predicted molar refractivity (Wildman–Crippen MR) is 75.8 cm³/mol. The molecular weight excluding hydrogens is 334 g/mol. The second-order valence-corrected chi connectivity index (χ2v) is 5.46. The summed E-state index contributed by atoms with van der Waals surface area (Å²) < 4.78 is 77.1. The van der Waals surface area contributed by atoms with Gasteiger partial charge in [0.15, 0.2) is 0 Å². The lowest BCUT2D eigenvalue weighted by molar-refractivity contribution is -0.143. The molecule has 0 aliphatic heterocycles. The zero-order valence-corrected chi connectivity index (χ0v) is 12.4. The normalized spacial score (nSPS) is 12.3. The average molecular weight is 346 g/mol. The largest absolute Gasteiger partial charge is 0.416 e. The van der Waals surface area contributed by atoms with Gasteiger partial charge in [-0.1, -0.05) is 11.6 Å². The first kappa shape index (κ1) is 18.0. The molecule has 0 aliphatic carbocycles. The van der Waals surface area contributed by atoms with Crippen LogP contribution in [0.4, 0.5) is 26.3 Å². The quantitative estimate of drug-likeness (QED) is 0.535. The summed E-state index contributed by atoms with van der Waals surface area (Å²) in [6.45, 7) is 1.68. The number of aldehydes is 1. The van der Waals surface area contributed by atoms with Crippen LogP contribution < -0.4 is 0 Å². The Labute approximate surface area is 133 Å². The van der Waals surface area contributed by atoms with Gasteiger partial charge in [0.05, 0.1) is 11.1 Å². The summed E-state index contributed by atoms with van der Waals surface area (Å²) >= 11 is 0. The van der Waals surface area contributed by atoms with Gasteiger partial charge in [-0.3, -0.25) is 4.79 Å². The standard InChI is InChI=1S/C17H12F6O/c1-10-2-11(5-13(3-10)9-24)4-12-6-14(16(18,19)20)8-15(7-12)17(21,22)23/h2-3,5-9H,4H2,1H3. The average Bonchev–Trinajstić information content (AvgIpc) is 2.44. The van der Waals surface area contributed by atoms with Crippen molar-refractivity contribution < 1.29 is 31.1 Å². The molecule has 0 N–H and O–H groups in total. The molecule has 2 rings (SSSR count). The monoisotopic (exact) mass is 346 g/mol. The zero-order valence-electron chi connectivity index (χ0n) is 12.4. The highest BCUT2D eigenvalue weighted by molar-refractivity contribution is 5.75. The molecule has 24 heavy (non-hydrogen) atoms. The van der Waals surface area contributed by atoms with Gasteiger partial charge < -0.3 is 0 Å². The Morgan fingerprint density at radius 1 is 0.792 bits per heavy atom. The lowest BCUT2D eigenvalue weighted by Crippen LogP contribution is -2.12. The highest BCUT2D eigenvalue weighted by atomic mass is 19.4. The molecule has 128 valence electrons. The van der Waals surface area contributed by atoms with Crippen LogP contribution in [0.15, 0.2) is 36.4 Å². The van der Waals surface area contributed by atoms with Gasteiger partial charge in [0.1, 0.15) is 6.29 Å². The number of carbonyl (C=O) groups is 1. The van der Waals surface area contributed by atoms with Gasteiger partial charge in [-0.15, -0.1) is 0 Å². The third-order valence-corrected chi connectivity index (χ3v) is 3.35. The number of halogens is 6. The molecular formula is C17H12F6O. The molecule has 0 aromatic heterocycles.